The number of allylic oxidation sites excluding steroid dienone is 1. The molecule has 0 aromatic heterocycles. The van der Waals surface area contributed by atoms with Gasteiger partial charge in [-0.05, 0) is 24.3 Å². The number of nitrogens with zero attached hydrogens (tertiary/aromatic N) is 3. The fourth-order valence-corrected chi connectivity index (χ4v) is 2.23. The number of benzene rings is 2. The zero-order valence-corrected chi connectivity index (χ0v) is 10.5. The highest BCUT2D eigenvalue weighted by molar-refractivity contribution is 5.88. The van der Waals surface area contributed by atoms with Gasteiger partial charge in [0.1, 0.15) is 18.0 Å². The Kier molecular flexibility index (Phi) is 2.84. The zero-order chi connectivity index (χ0) is 13.9. The molecular formula is C16H10N4. The van der Waals surface area contributed by atoms with Gasteiger partial charge in [-0.15, -0.1) is 0 Å². The molecule has 1 aliphatic heterocycles. The molecule has 0 saturated carbocycles. The molecule has 0 amide bonds. The minimum atomic E-state index is 0.0602. The van der Waals surface area contributed by atoms with E-state index in [1.54, 1.807) is 0 Å². The lowest BCUT2D eigenvalue weighted by Crippen LogP contribution is -2.16. The molecule has 20 heavy (non-hydrogen) atoms. The molecule has 3 rings (SSSR count). The van der Waals surface area contributed by atoms with Crippen LogP contribution in [0.2, 0.25) is 0 Å². The first-order valence-corrected chi connectivity index (χ1v) is 6.11. The predicted octanol–water partition coefficient (Wildman–Crippen LogP) is 3.51. The van der Waals surface area contributed by atoms with Crippen LogP contribution < -0.4 is 10.2 Å². The van der Waals surface area contributed by atoms with E-state index in [1.165, 1.54) is 0 Å². The zero-order valence-electron chi connectivity index (χ0n) is 10.5. The first kappa shape index (κ1) is 11.8. The van der Waals surface area contributed by atoms with Gasteiger partial charge in [-0.25, -0.2) is 0 Å². The molecule has 0 saturated heterocycles. The summed E-state index contributed by atoms with van der Waals surface area (Å²) in [6.45, 7) is 0. The standard InChI is InChI=1S/C16H10N4/c17-10-12(11-18)16-19-14-8-4-5-9-15(14)20(16)13-6-2-1-3-7-13/h1-9,19H. The highest BCUT2D eigenvalue weighted by atomic mass is 15.3. The fourth-order valence-electron chi connectivity index (χ4n) is 2.23. The lowest BCUT2D eigenvalue weighted by molar-refractivity contribution is 1.21. The van der Waals surface area contributed by atoms with E-state index in [1.807, 2.05) is 71.6 Å². The average Bonchev–Trinajstić information content (AvgIpc) is 2.88. The number of hydrogen-bond acceptors (Lipinski definition) is 4. The fraction of sp³-hybridized carbons (Fsp3) is 0. The Balaban J connectivity index is 2.24. The Morgan fingerprint density at radius 2 is 1.55 bits per heavy atom. The summed E-state index contributed by atoms with van der Waals surface area (Å²) in [6.07, 6.45) is 0. The molecule has 1 N–H and O–H groups in total. The van der Waals surface area contributed by atoms with Crippen molar-refractivity contribution in [3.05, 3.63) is 66.0 Å². The van der Waals surface area contributed by atoms with Crippen LogP contribution in [0.25, 0.3) is 0 Å². The van der Waals surface area contributed by atoms with Gasteiger partial charge in [0, 0.05) is 5.69 Å². The minimum Gasteiger partial charge on any atom is -0.338 e. The molecule has 4 nitrogen and oxygen atoms in total. The predicted molar refractivity (Wildman–Crippen MR) is 76.9 cm³/mol. The van der Waals surface area contributed by atoms with Gasteiger partial charge in [0.25, 0.3) is 0 Å². The van der Waals surface area contributed by atoms with Crippen molar-refractivity contribution in [2.75, 3.05) is 10.2 Å². The Morgan fingerprint density at radius 3 is 2.25 bits per heavy atom. The van der Waals surface area contributed by atoms with Crippen LogP contribution >= 0.6 is 0 Å². The second-order valence-electron chi connectivity index (χ2n) is 4.26. The summed E-state index contributed by atoms with van der Waals surface area (Å²) in [5, 5.41) is 21.4. The van der Waals surface area contributed by atoms with Crippen LogP contribution in [0.15, 0.2) is 66.0 Å². The number of rotatable bonds is 1. The molecule has 1 aliphatic rings. The summed E-state index contributed by atoms with van der Waals surface area (Å²) in [4.78, 5) is 1.89. The molecule has 2 aromatic carbocycles. The third kappa shape index (κ3) is 1.77. The van der Waals surface area contributed by atoms with Crippen LogP contribution in [-0.2, 0) is 0 Å². The summed E-state index contributed by atoms with van der Waals surface area (Å²) in [5.74, 6) is 0.502. The maximum atomic E-state index is 9.13. The number of anilines is 3. The smallest absolute Gasteiger partial charge is 0.170 e. The van der Waals surface area contributed by atoms with E-state index in [-0.39, 0.29) is 5.57 Å². The first-order valence-electron chi connectivity index (χ1n) is 6.11. The van der Waals surface area contributed by atoms with Gasteiger partial charge in [-0.1, -0.05) is 30.3 Å². The molecule has 0 atom stereocenters. The second kappa shape index (κ2) is 4.79. The Bertz CT molecular complexity index is 747. The van der Waals surface area contributed by atoms with Crippen LogP contribution in [0.3, 0.4) is 0 Å². The van der Waals surface area contributed by atoms with Gasteiger partial charge < -0.3 is 5.32 Å². The maximum Gasteiger partial charge on any atom is 0.170 e. The topological polar surface area (TPSA) is 62.9 Å². The van der Waals surface area contributed by atoms with Gasteiger partial charge >= 0.3 is 0 Å². The highest BCUT2D eigenvalue weighted by Gasteiger charge is 2.27. The monoisotopic (exact) mass is 258 g/mol. The van der Waals surface area contributed by atoms with Crippen LogP contribution in [-0.4, -0.2) is 0 Å². The van der Waals surface area contributed by atoms with Gasteiger partial charge in [0.15, 0.2) is 5.57 Å². The lowest BCUT2D eigenvalue weighted by atomic mass is 10.2. The van der Waals surface area contributed by atoms with Crippen LogP contribution in [0.5, 0.6) is 0 Å². The number of hydrogen-bond donors (Lipinski definition) is 1. The van der Waals surface area contributed by atoms with Crippen molar-refractivity contribution in [1.29, 1.82) is 10.5 Å². The van der Waals surface area contributed by atoms with Gasteiger partial charge in [-0.3, -0.25) is 4.90 Å². The minimum absolute atomic E-state index is 0.0602. The van der Waals surface area contributed by atoms with E-state index in [0.717, 1.165) is 17.1 Å². The van der Waals surface area contributed by atoms with E-state index in [2.05, 4.69) is 5.32 Å². The molecule has 0 bridgehead atoms. The van der Waals surface area contributed by atoms with E-state index in [9.17, 15) is 0 Å². The molecule has 0 radical (unpaired) electrons. The second-order valence-corrected chi connectivity index (χ2v) is 4.26. The van der Waals surface area contributed by atoms with E-state index in [4.69, 9.17) is 10.5 Å². The van der Waals surface area contributed by atoms with Crippen molar-refractivity contribution in [3.8, 4) is 12.1 Å². The number of nitriles is 2. The molecule has 2 aromatic rings. The Labute approximate surface area is 116 Å². The first-order chi connectivity index (χ1) is 9.85. The molecule has 0 unspecified atom stereocenters. The summed E-state index contributed by atoms with van der Waals surface area (Å²) < 4.78 is 0. The van der Waals surface area contributed by atoms with Crippen molar-refractivity contribution >= 4 is 17.1 Å². The summed E-state index contributed by atoms with van der Waals surface area (Å²) in [5.41, 5.74) is 2.78. The normalized spacial score (nSPS) is 12.1. The largest absolute Gasteiger partial charge is 0.338 e. The van der Waals surface area contributed by atoms with Gasteiger partial charge in [0.2, 0.25) is 0 Å². The number of para-hydroxylation sites is 3. The number of nitrogens with one attached hydrogen (secondary N) is 1. The molecule has 0 aliphatic carbocycles. The van der Waals surface area contributed by atoms with Crippen molar-refractivity contribution in [2.45, 2.75) is 0 Å². The summed E-state index contributed by atoms with van der Waals surface area (Å²) in [7, 11) is 0. The van der Waals surface area contributed by atoms with Crippen LogP contribution in [0, 0.1) is 22.7 Å². The SMILES string of the molecule is N#CC(C#N)=C1Nc2ccccc2N1c1ccccc1. The van der Waals surface area contributed by atoms with Crippen molar-refractivity contribution < 1.29 is 0 Å². The van der Waals surface area contributed by atoms with Gasteiger partial charge in [0.05, 0.1) is 11.4 Å². The number of fused-ring (bicyclic) bond motifs is 1. The van der Waals surface area contributed by atoms with Crippen molar-refractivity contribution in [3.63, 3.8) is 0 Å². The maximum absolute atomic E-state index is 9.13. The van der Waals surface area contributed by atoms with Crippen LogP contribution in [0.4, 0.5) is 17.1 Å². The molecule has 94 valence electrons. The van der Waals surface area contributed by atoms with Crippen LogP contribution in [0.1, 0.15) is 0 Å². The lowest BCUT2D eigenvalue weighted by Gasteiger charge is -2.20. The third-order valence-corrected chi connectivity index (χ3v) is 3.10. The van der Waals surface area contributed by atoms with E-state index < -0.39 is 0 Å². The Morgan fingerprint density at radius 1 is 0.900 bits per heavy atom. The molecule has 4 heteroatoms. The summed E-state index contributed by atoms with van der Waals surface area (Å²) in [6, 6.07) is 21.3. The molecule has 0 spiro atoms. The average molecular weight is 258 g/mol. The third-order valence-electron chi connectivity index (χ3n) is 3.10. The molecule has 0 fully saturated rings. The molecule has 1 heterocycles. The van der Waals surface area contributed by atoms with Crippen molar-refractivity contribution in [1.82, 2.24) is 0 Å². The molecular weight excluding hydrogens is 248 g/mol. The van der Waals surface area contributed by atoms with Gasteiger partial charge in [-0.2, -0.15) is 10.5 Å². The van der Waals surface area contributed by atoms with E-state index in [0.29, 0.717) is 5.82 Å². The Hall–Kier alpha value is -3.24. The summed E-state index contributed by atoms with van der Waals surface area (Å²) >= 11 is 0. The van der Waals surface area contributed by atoms with E-state index >= 15 is 0 Å². The van der Waals surface area contributed by atoms with Crippen molar-refractivity contribution in [2.24, 2.45) is 0 Å². The quantitative estimate of drug-likeness (QED) is 0.795. The highest BCUT2D eigenvalue weighted by Crippen LogP contribution is 2.42.